The highest BCUT2D eigenvalue weighted by Crippen LogP contribution is 2.30. The van der Waals surface area contributed by atoms with Crippen molar-refractivity contribution in [3.63, 3.8) is 0 Å². The molecule has 1 fully saturated rings. The second kappa shape index (κ2) is 6.56. The number of carbonyl (C=O) groups is 1. The molecule has 1 aliphatic heterocycles. The van der Waals surface area contributed by atoms with E-state index in [1.807, 2.05) is 0 Å². The molecule has 3 rings (SSSR count). The summed E-state index contributed by atoms with van der Waals surface area (Å²) in [5.41, 5.74) is 0.777. The Hall–Kier alpha value is -1.87. The van der Waals surface area contributed by atoms with E-state index in [9.17, 15) is 4.79 Å². The summed E-state index contributed by atoms with van der Waals surface area (Å²) >= 11 is 0. The van der Waals surface area contributed by atoms with Gasteiger partial charge in [0.1, 0.15) is 0 Å². The van der Waals surface area contributed by atoms with Crippen LogP contribution in [0.25, 0.3) is 10.8 Å². The Morgan fingerprint density at radius 1 is 1.17 bits per heavy atom. The summed E-state index contributed by atoms with van der Waals surface area (Å²) in [6.45, 7) is 7.44. The van der Waals surface area contributed by atoms with Crippen LogP contribution in [0.2, 0.25) is 0 Å². The maximum atomic E-state index is 12.9. The van der Waals surface area contributed by atoms with Crippen LogP contribution in [0.15, 0.2) is 42.5 Å². The van der Waals surface area contributed by atoms with Crippen molar-refractivity contribution in [2.24, 2.45) is 5.92 Å². The highest BCUT2D eigenvalue weighted by Gasteiger charge is 2.34. The van der Waals surface area contributed by atoms with E-state index in [-0.39, 0.29) is 11.8 Å². The molecular formula is C21H28N2O. The quantitative estimate of drug-likeness (QED) is 0.928. The lowest BCUT2D eigenvalue weighted by molar-refractivity contribution is -0.130. The zero-order chi connectivity index (χ0) is 17.3. The highest BCUT2D eigenvalue weighted by molar-refractivity contribution is 5.88. The van der Waals surface area contributed by atoms with Gasteiger partial charge in [-0.25, -0.2) is 0 Å². The van der Waals surface area contributed by atoms with Gasteiger partial charge in [0.25, 0.3) is 0 Å². The Balaban J connectivity index is 1.86. The second-order valence-corrected chi connectivity index (χ2v) is 7.61. The molecule has 0 spiro atoms. The van der Waals surface area contributed by atoms with Crippen LogP contribution in [0.1, 0.15) is 39.2 Å². The number of carbonyl (C=O) groups excluding carboxylic acids is 1. The number of likely N-dealkylation sites (tertiary alicyclic amines) is 1. The van der Waals surface area contributed by atoms with Gasteiger partial charge in [0.2, 0.25) is 5.91 Å². The van der Waals surface area contributed by atoms with Gasteiger partial charge < -0.3 is 10.2 Å². The average molecular weight is 324 g/mol. The average Bonchev–Trinajstić information content (AvgIpc) is 2.56. The fourth-order valence-electron chi connectivity index (χ4n) is 3.90. The molecule has 2 aromatic carbocycles. The summed E-state index contributed by atoms with van der Waals surface area (Å²) in [6.07, 6.45) is 2.07. The fraction of sp³-hybridized carbons (Fsp3) is 0.476. The largest absolute Gasteiger partial charge is 0.347 e. The second-order valence-electron chi connectivity index (χ2n) is 7.61. The molecule has 0 unspecified atom stereocenters. The topological polar surface area (TPSA) is 32.3 Å². The number of benzene rings is 2. The van der Waals surface area contributed by atoms with E-state index in [1.165, 1.54) is 16.3 Å². The summed E-state index contributed by atoms with van der Waals surface area (Å²) < 4.78 is 0. The molecule has 0 aliphatic carbocycles. The molecule has 0 bridgehead atoms. The van der Waals surface area contributed by atoms with Gasteiger partial charge in [-0.3, -0.25) is 4.79 Å². The number of hydrogen-bond donors (Lipinski definition) is 1. The molecule has 1 saturated heterocycles. The van der Waals surface area contributed by atoms with Crippen LogP contribution in [0.5, 0.6) is 0 Å². The molecule has 24 heavy (non-hydrogen) atoms. The summed E-state index contributed by atoms with van der Waals surface area (Å²) in [5.74, 6) is 0.241. The van der Waals surface area contributed by atoms with Gasteiger partial charge in [-0.2, -0.15) is 0 Å². The molecular weight excluding hydrogens is 296 g/mol. The van der Waals surface area contributed by atoms with Gasteiger partial charge in [0.05, 0.1) is 11.5 Å². The van der Waals surface area contributed by atoms with Crippen molar-refractivity contribution >= 4 is 16.7 Å². The van der Waals surface area contributed by atoms with Gasteiger partial charge in [-0.15, -0.1) is 0 Å². The van der Waals surface area contributed by atoms with Crippen LogP contribution in [0.4, 0.5) is 0 Å². The van der Waals surface area contributed by atoms with E-state index in [0.717, 1.165) is 19.4 Å². The molecule has 1 aliphatic rings. The monoisotopic (exact) mass is 324 g/mol. The lowest BCUT2D eigenvalue weighted by Crippen LogP contribution is -2.51. The Bertz CT molecular complexity index is 732. The van der Waals surface area contributed by atoms with E-state index < -0.39 is 5.54 Å². The molecule has 1 N–H and O–H groups in total. The Morgan fingerprint density at radius 2 is 1.88 bits per heavy atom. The minimum absolute atomic E-state index is 0.0676. The molecule has 0 radical (unpaired) electrons. The number of amides is 1. The minimum Gasteiger partial charge on any atom is -0.347 e. The van der Waals surface area contributed by atoms with Crippen LogP contribution < -0.4 is 5.32 Å². The summed E-state index contributed by atoms with van der Waals surface area (Å²) in [7, 11) is 2.11. The first-order valence-electron chi connectivity index (χ1n) is 8.90. The number of nitrogens with one attached hydrogen (secondary N) is 1. The summed E-state index contributed by atoms with van der Waals surface area (Å²) in [5, 5.41) is 5.74. The number of fused-ring (bicyclic) bond motifs is 1. The van der Waals surface area contributed by atoms with Gasteiger partial charge in [-0.1, -0.05) is 42.5 Å². The van der Waals surface area contributed by atoms with Crippen LogP contribution in [0, 0.1) is 5.92 Å². The molecule has 3 heteroatoms. The van der Waals surface area contributed by atoms with E-state index >= 15 is 0 Å². The lowest BCUT2D eigenvalue weighted by atomic mass is 9.86. The van der Waals surface area contributed by atoms with Gasteiger partial charge in [0, 0.05) is 6.04 Å². The third-order valence-electron chi connectivity index (χ3n) is 5.54. The van der Waals surface area contributed by atoms with Gasteiger partial charge >= 0.3 is 0 Å². The van der Waals surface area contributed by atoms with Crippen molar-refractivity contribution in [2.45, 2.75) is 45.2 Å². The first kappa shape index (κ1) is 17.0. The summed E-state index contributed by atoms with van der Waals surface area (Å²) in [4.78, 5) is 15.2. The Kier molecular flexibility index (Phi) is 4.64. The Morgan fingerprint density at radius 3 is 2.67 bits per heavy atom. The van der Waals surface area contributed by atoms with Crippen LogP contribution >= 0.6 is 0 Å². The van der Waals surface area contributed by atoms with Crippen LogP contribution in [-0.2, 0) is 10.3 Å². The predicted molar refractivity (Wildman–Crippen MR) is 99.9 cm³/mol. The smallest absolute Gasteiger partial charge is 0.225 e. The molecule has 2 atom stereocenters. The van der Waals surface area contributed by atoms with Gasteiger partial charge in [0.15, 0.2) is 0 Å². The van der Waals surface area contributed by atoms with Gasteiger partial charge in [-0.05, 0) is 63.5 Å². The molecule has 1 heterocycles. The molecule has 2 aromatic rings. The number of piperidine rings is 1. The fourth-order valence-corrected chi connectivity index (χ4v) is 3.90. The zero-order valence-electron chi connectivity index (χ0n) is 15.2. The third-order valence-corrected chi connectivity index (χ3v) is 5.54. The van der Waals surface area contributed by atoms with Crippen molar-refractivity contribution in [1.29, 1.82) is 0 Å². The first-order chi connectivity index (χ1) is 11.4. The van der Waals surface area contributed by atoms with Crippen molar-refractivity contribution in [1.82, 2.24) is 10.2 Å². The lowest BCUT2D eigenvalue weighted by Gasteiger charge is -2.38. The predicted octanol–water partition coefficient (Wildman–Crippen LogP) is 3.92. The SMILES string of the molecule is C[C@H]1[C@@H](C(=O)NC(C)(C)c2cccc3ccccc23)CCCN1C. The highest BCUT2D eigenvalue weighted by atomic mass is 16.2. The first-order valence-corrected chi connectivity index (χ1v) is 8.90. The van der Waals surface area contributed by atoms with Crippen molar-refractivity contribution in [2.75, 3.05) is 13.6 Å². The maximum Gasteiger partial charge on any atom is 0.225 e. The molecule has 0 aromatic heterocycles. The molecule has 0 saturated carbocycles. The summed E-state index contributed by atoms with van der Waals surface area (Å²) in [6, 6.07) is 15.0. The van der Waals surface area contributed by atoms with Crippen LogP contribution in [0.3, 0.4) is 0 Å². The normalized spacial score (nSPS) is 22.5. The maximum absolute atomic E-state index is 12.9. The molecule has 3 nitrogen and oxygen atoms in total. The number of nitrogens with zero attached hydrogens (tertiary/aromatic N) is 1. The van der Waals surface area contributed by atoms with E-state index in [0.29, 0.717) is 6.04 Å². The third kappa shape index (κ3) is 3.18. The molecule has 128 valence electrons. The van der Waals surface area contributed by atoms with Crippen LogP contribution in [-0.4, -0.2) is 30.4 Å². The van der Waals surface area contributed by atoms with E-state index in [4.69, 9.17) is 0 Å². The Labute approximate surface area is 145 Å². The minimum atomic E-state index is -0.395. The zero-order valence-corrected chi connectivity index (χ0v) is 15.2. The number of hydrogen-bond acceptors (Lipinski definition) is 2. The standard InChI is InChI=1S/C21H28N2O/c1-15-17(12-8-14-23(15)4)20(24)22-21(2,3)19-13-7-10-16-9-5-6-11-18(16)19/h5-7,9-11,13,15,17H,8,12,14H2,1-4H3,(H,22,24)/t15-,17-/m0/s1. The van der Waals surface area contributed by atoms with Crippen molar-refractivity contribution in [3.8, 4) is 0 Å². The molecule has 1 amide bonds. The number of rotatable bonds is 3. The van der Waals surface area contributed by atoms with E-state index in [2.05, 4.69) is 80.5 Å². The van der Waals surface area contributed by atoms with Crippen molar-refractivity contribution in [3.05, 3.63) is 48.0 Å². The van der Waals surface area contributed by atoms with E-state index in [1.54, 1.807) is 0 Å². The van der Waals surface area contributed by atoms with Crippen molar-refractivity contribution < 1.29 is 4.79 Å².